The molecule has 0 aromatic carbocycles. The smallest absolute Gasteiger partial charge is 0.369 e. The van der Waals surface area contributed by atoms with Crippen molar-refractivity contribution in [2.24, 2.45) is 20.7 Å². The summed E-state index contributed by atoms with van der Waals surface area (Å²) >= 11 is 0. The van der Waals surface area contributed by atoms with E-state index < -0.39 is 6.03 Å². The van der Waals surface area contributed by atoms with Crippen molar-refractivity contribution in [1.29, 1.82) is 0 Å². The van der Waals surface area contributed by atoms with Crippen LogP contribution < -0.4 is 5.73 Å². The van der Waals surface area contributed by atoms with Gasteiger partial charge in [-0.25, -0.2) is 4.79 Å². The summed E-state index contributed by atoms with van der Waals surface area (Å²) in [5, 5.41) is 0. The van der Waals surface area contributed by atoms with Gasteiger partial charge in [-0.15, -0.1) is 0 Å². The number of urea groups is 1. The molecule has 0 radical (unpaired) electrons. The molecule has 5 nitrogen and oxygen atoms in total. The molecular weight excluding hydrogens is 144 g/mol. The maximum Gasteiger partial charge on any atom is 0.369 e. The molecule has 0 saturated carbocycles. The number of hydrogen-bond donors (Lipinski definition) is 1. The van der Waals surface area contributed by atoms with Crippen molar-refractivity contribution in [3.63, 3.8) is 0 Å². The highest BCUT2D eigenvalue weighted by Gasteiger charge is 2.20. The molecule has 2 aliphatic rings. The zero-order valence-electron chi connectivity index (χ0n) is 5.48. The molecule has 2 heterocycles. The Balaban J connectivity index is 2.54. The van der Waals surface area contributed by atoms with E-state index in [9.17, 15) is 4.79 Å². The molecule has 0 bridgehead atoms. The van der Waals surface area contributed by atoms with Crippen LogP contribution in [0.1, 0.15) is 0 Å². The molecule has 11 heavy (non-hydrogen) atoms. The summed E-state index contributed by atoms with van der Waals surface area (Å²) in [4.78, 5) is 21.6. The van der Waals surface area contributed by atoms with Crippen molar-refractivity contribution in [2.45, 2.75) is 0 Å². The predicted octanol–water partition coefficient (Wildman–Crippen LogP) is -0.113. The van der Waals surface area contributed by atoms with Crippen molar-refractivity contribution in [3.8, 4) is 0 Å². The quantitative estimate of drug-likeness (QED) is 0.519. The largest absolute Gasteiger partial charge is 0.382 e. The standard InChI is InChI=1S/C6H4N4O/c7-5-4-3(1-2-8-4)9-6(11)10-5/h1-2H,(H2,7,10,11). The molecule has 0 saturated heterocycles. The van der Waals surface area contributed by atoms with Gasteiger partial charge in [-0.1, -0.05) is 0 Å². The number of aliphatic imine (C=N–C) groups is 3. The molecule has 2 N–H and O–H groups in total. The predicted molar refractivity (Wildman–Crippen MR) is 41.0 cm³/mol. The maximum absolute atomic E-state index is 10.7. The van der Waals surface area contributed by atoms with Gasteiger partial charge >= 0.3 is 6.03 Å². The summed E-state index contributed by atoms with van der Waals surface area (Å²) in [7, 11) is 0. The Kier molecular flexibility index (Phi) is 1.00. The maximum atomic E-state index is 10.7. The molecule has 0 aromatic heterocycles. The Bertz CT molecular complexity index is 348. The van der Waals surface area contributed by atoms with Crippen molar-refractivity contribution in [3.05, 3.63) is 12.3 Å². The van der Waals surface area contributed by atoms with E-state index >= 15 is 0 Å². The van der Waals surface area contributed by atoms with Gasteiger partial charge in [-0.05, 0) is 6.08 Å². The Hall–Kier alpha value is -1.78. The topological polar surface area (TPSA) is 80.2 Å². The Labute approximate surface area is 62.1 Å². The number of amidine groups is 1. The fraction of sp³-hybridized carbons (Fsp3) is 0. The normalized spacial score (nSPS) is 20.7. The number of carbonyl (C=O) groups is 1. The molecule has 54 valence electrons. The summed E-state index contributed by atoms with van der Waals surface area (Å²) in [5.41, 5.74) is 6.38. The summed E-state index contributed by atoms with van der Waals surface area (Å²) < 4.78 is 0. The second-order valence-corrected chi connectivity index (χ2v) is 2.07. The summed E-state index contributed by atoms with van der Waals surface area (Å²) in [5.74, 6) is 0.144. The lowest BCUT2D eigenvalue weighted by atomic mass is 10.2. The average Bonchev–Trinajstić information content (AvgIpc) is 2.34. The van der Waals surface area contributed by atoms with Crippen LogP contribution in [0, 0.1) is 0 Å². The Morgan fingerprint density at radius 3 is 3.00 bits per heavy atom. The highest BCUT2D eigenvalue weighted by molar-refractivity contribution is 6.73. The number of carbonyl (C=O) groups excluding carboxylic acids is 1. The van der Waals surface area contributed by atoms with E-state index in [0.29, 0.717) is 11.4 Å². The van der Waals surface area contributed by atoms with E-state index in [-0.39, 0.29) is 5.84 Å². The van der Waals surface area contributed by atoms with Crippen molar-refractivity contribution in [1.82, 2.24) is 0 Å². The van der Waals surface area contributed by atoms with E-state index in [1.54, 1.807) is 6.08 Å². The van der Waals surface area contributed by atoms with Crippen LogP contribution in [0.25, 0.3) is 0 Å². The van der Waals surface area contributed by atoms with Crippen molar-refractivity contribution >= 4 is 23.3 Å². The average molecular weight is 148 g/mol. The third kappa shape index (κ3) is 0.778. The van der Waals surface area contributed by atoms with Crippen molar-refractivity contribution < 1.29 is 4.79 Å². The first kappa shape index (κ1) is 5.96. The summed E-state index contributed by atoms with van der Waals surface area (Å²) in [6, 6.07) is -0.567. The molecule has 0 aromatic rings. The summed E-state index contributed by atoms with van der Waals surface area (Å²) in [6.45, 7) is 0. The van der Waals surface area contributed by atoms with Gasteiger partial charge in [0.15, 0.2) is 5.84 Å². The van der Waals surface area contributed by atoms with E-state index in [1.165, 1.54) is 6.20 Å². The van der Waals surface area contributed by atoms with Crippen LogP contribution in [0.15, 0.2) is 27.3 Å². The molecule has 0 atom stereocenters. The first-order chi connectivity index (χ1) is 5.27. The zero-order chi connectivity index (χ0) is 7.84. The van der Waals surface area contributed by atoms with Gasteiger partial charge in [0.05, 0.1) is 5.71 Å². The van der Waals surface area contributed by atoms with Gasteiger partial charge in [0.2, 0.25) is 0 Å². The molecule has 2 aliphatic heterocycles. The number of fused-ring (bicyclic) bond motifs is 1. The van der Waals surface area contributed by atoms with Gasteiger partial charge in [0, 0.05) is 6.20 Å². The Morgan fingerprint density at radius 1 is 1.36 bits per heavy atom. The number of nitrogens with zero attached hydrogens (tertiary/aromatic N) is 3. The van der Waals surface area contributed by atoms with Crippen LogP contribution in [0.3, 0.4) is 0 Å². The van der Waals surface area contributed by atoms with E-state index in [4.69, 9.17) is 5.73 Å². The van der Waals surface area contributed by atoms with Crippen LogP contribution in [-0.4, -0.2) is 23.3 Å². The minimum Gasteiger partial charge on any atom is -0.382 e. The number of rotatable bonds is 0. The second kappa shape index (κ2) is 1.85. The molecule has 0 spiro atoms. The molecule has 0 aliphatic carbocycles. The minimum atomic E-state index is -0.567. The number of allylic oxidation sites excluding steroid dienone is 1. The molecule has 5 heteroatoms. The SMILES string of the molecule is NC1=NC(=O)N=C2C=CN=C12. The third-order valence-corrected chi connectivity index (χ3v) is 1.35. The second-order valence-electron chi connectivity index (χ2n) is 2.07. The molecule has 2 rings (SSSR count). The Morgan fingerprint density at radius 2 is 2.18 bits per heavy atom. The highest BCUT2D eigenvalue weighted by Crippen LogP contribution is 2.04. The summed E-state index contributed by atoms with van der Waals surface area (Å²) in [6.07, 6.45) is 3.16. The molecule has 0 unspecified atom stereocenters. The lowest BCUT2D eigenvalue weighted by Crippen LogP contribution is -2.32. The highest BCUT2D eigenvalue weighted by atomic mass is 16.2. The third-order valence-electron chi connectivity index (χ3n) is 1.35. The van der Waals surface area contributed by atoms with E-state index in [2.05, 4.69) is 15.0 Å². The van der Waals surface area contributed by atoms with Gasteiger partial charge in [0.1, 0.15) is 5.71 Å². The molecule has 0 fully saturated rings. The first-order valence-corrected chi connectivity index (χ1v) is 2.99. The lowest BCUT2D eigenvalue weighted by molar-refractivity contribution is 0.257. The van der Waals surface area contributed by atoms with Crippen LogP contribution in [0.4, 0.5) is 4.79 Å². The van der Waals surface area contributed by atoms with Gasteiger partial charge < -0.3 is 5.73 Å². The van der Waals surface area contributed by atoms with E-state index in [0.717, 1.165) is 0 Å². The van der Waals surface area contributed by atoms with E-state index in [1.807, 2.05) is 0 Å². The van der Waals surface area contributed by atoms with Gasteiger partial charge in [-0.3, -0.25) is 4.99 Å². The number of hydrogen-bond acceptors (Lipinski definition) is 3. The number of amides is 2. The van der Waals surface area contributed by atoms with Crippen LogP contribution in [0.2, 0.25) is 0 Å². The van der Waals surface area contributed by atoms with Crippen molar-refractivity contribution in [2.75, 3.05) is 0 Å². The van der Waals surface area contributed by atoms with Gasteiger partial charge in [-0.2, -0.15) is 9.98 Å². The van der Waals surface area contributed by atoms with Crippen LogP contribution in [0.5, 0.6) is 0 Å². The zero-order valence-corrected chi connectivity index (χ0v) is 5.48. The first-order valence-electron chi connectivity index (χ1n) is 2.99. The monoisotopic (exact) mass is 148 g/mol. The molecule has 2 amide bonds. The van der Waals surface area contributed by atoms with Gasteiger partial charge in [0.25, 0.3) is 0 Å². The minimum absolute atomic E-state index is 0.144. The van der Waals surface area contributed by atoms with Crippen LogP contribution >= 0.6 is 0 Å². The lowest BCUT2D eigenvalue weighted by Gasteiger charge is -2.03. The fourth-order valence-electron chi connectivity index (χ4n) is 0.899. The molecular formula is C6H4N4O. The number of nitrogens with two attached hydrogens (primary N) is 1. The van der Waals surface area contributed by atoms with Crippen LogP contribution in [-0.2, 0) is 0 Å². The fourth-order valence-corrected chi connectivity index (χ4v) is 0.899.